The molecule has 0 radical (unpaired) electrons. The summed E-state index contributed by atoms with van der Waals surface area (Å²) in [5.74, 6) is 0.210. The van der Waals surface area contributed by atoms with Gasteiger partial charge in [-0.2, -0.15) is 8.78 Å². The van der Waals surface area contributed by atoms with Crippen molar-refractivity contribution in [1.82, 2.24) is 0 Å². The molecule has 2 nitrogen and oxygen atoms in total. The average molecular weight is 186 g/mol. The van der Waals surface area contributed by atoms with Gasteiger partial charge < -0.3 is 9.84 Å². The van der Waals surface area contributed by atoms with Gasteiger partial charge in [-0.25, -0.2) is 0 Å². The van der Waals surface area contributed by atoms with Crippen molar-refractivity contribution in [2.75, 3.05) is 0 Å². The summed E-state index contributed by atoms with van der Waals surface area (Å²) in [6.45, 7) is -0.140. The summed E-state index contributed by atoms with van der Waals surface area (Å²) in [6, 6.07) is 4.57. The third kappa shape index (κ3) is 1.49. The normalized spacial score (nSPS) is 18.1. The third-order valence-corrected chi connectivity index (χ3v) is 1.96. The van der Waals surface area contributed by atoms with Crippen molar-refractivity contribution >= 4 is 0 Å². The third-order valence-electron chi connectivity index (χ3n) is 1.96. The number of ether oxygens (including phenoxy) is 1. The maximum absolute atomic E-state index is 12.7. The van der Waals surface area contributed by atoms with Gasteiger partial charge >= 0.3 is 6.11 Å². The molecule has 0 amide bonds. The van der Waals surface area contributed by atoms with E-state index >= 15 is 0 Å². The zero-order valence-corrected chi connectivity index (χ0v) is 6.76. The standard InChI is InChI=1S/C9H8F2O2/c10-9(11)4-7-3-6(5-12)1-2-8(7)13-9/h1-3,12H,4-5H2. The average Bonchev–Trinajstić information content (AvgIpc) is 2.36. The topological polar surface area (TPSA) is 29.5 Å². The Balaban J connectivity index is 2.36. The number of aliphatic hydroxyl groups excluding tert-OH is 1. The molecule has 2 rings (SSSR count). The quantitative estimate of drug-likeness (QED) is 0.723. The number of halogens is 2. The smallest absolute Gasteiger partial charge is 0.402 e. The van der Waals surface area contributed by atoms with E-state index in [0.717, 1.165) is 0 Å². The van der Waals surface area contributed by atoms with Crippen molar-refractivity contribution < 1.29 is 18.6 Å². The second-order valence-electron chi connectivity index (χ2n) is 3.02. The number of hydrogen-bond donors (Lipinski definition) is 1. The fourth-order valence-electron chi connectivity index (χ4n) is 1.39. The molecule has 1 aliphatic heterocycles. The molecule has 1 aromatic rings. The Morgan fingerprint density at radius 2 is 2.23 bits per heavy atom. The van der Waals surface area contributed by atoms with E-state index in [4.69, 9.17) is 5.11 Å². The summed E-state index contributed by atoms with van der Waals surface area (Å²) >= 11 is 0. The Morgan fingerprint density at radius 1 is 1.46 bits per heavy atom. The predicted octanol–water partition coefficient (Wildman–Crippen LogP) is 1.71. The van der Waals surface area contributed by atoms with Gasteiger partial charge in [-0.1, -0.05) is 6.07 Å². The van der Waals surface area contributed by atoms with Gasteiger partial charge in [0.1, 0.15) is 5.75 Å². The molecule has 0 fully saturated rings. The van der Waals surface area contributed by atoms with E-state index in [9.17, 15) is 8.78 Å². The fraction of sp³-hybridized carbons (Fsp3) is 0.333. The largest absolute Gasteiger partial charge is 0.432 e. The highest BCUT2D eigenvalue weighted by Gasteiger charge is 2.39. The van der Waals surface area contributed by atoms with Crippen LogP contribution in [0.25, 0.3) is 0 Å². The Bertz CT molecular complexity index is 336. The first-order valence-corrected chi connectivity index (χ1v) is 3.90. The van der Waals surface area contributed by atoms with Crippen molar-refractivity contribution in [3.05, 3.63) is 29.3 Å². The minimum atomic E-state index is -3.09. The van der Waals surface area contributed by atoms with Crippen molar-refractivity contribution in [2.45, 2.75) is 19.1 Å². The zero-order chi connectivity index (χ0) is 9.47. The van der Waals surface area contributed by atoms with Crippen LogP contribution < -0.4 is 4.74 Å². The Labute approximate surface area is 73.8 Å². The van der Waals surface area contributed by atoms with Crippen molar-refractivity contribution in [3.63, 3.8) is 0 Å². The van der Waals surface area contributed by atoms with E-state index in [0.29, 0.717) is 11.1 Å². The van der Waals surface area contributed by atoms with Gasteiger partial charge in [0.05, 0.1) is 13.0 Å². The zero-order valence-electron chi connectivity index (χ0n) is 6.76. The van der Waals surface area contributed by atoms with E-state index in [2.05, 4.69) is 4.74 Å². The lowest BCUT2D eigenvalue weighted by molar-refractivity contribution is -0.159. The molecule has 0 aromatic heterocycles. The van der Waals surface area contributed by atoms with Crippen LogP contribution in [-0.4, -0.2) is 11.2 Å². The molecular weight excluding hydrogens is 178 g/mol. The lowest BCUT2D eigenvalue weighted by Crippen LogP contribution is -2.20. The van der Waals surface area contributed by atoms with E-state index in [1.165, 1.54) is 12.1 Å². The van der Waals surface area contributed by atoms with Crippen molar-refractivity contribution in [3.8, 4) is 5.75 Å². The molecular formula is C9H8F2O2. The van der Waals surface area contributed by atoms with E-state index in [1.54, 1.807) is 6.07 Å². The minimum Gasteiger partial charge on any atom is -0.432 e. The molecule has 0 saturated carbocycles. The molecule has 1 aliphatic rings. The summed E-state index contributed by atoms with van der Waals surface area (Å²) in [4.78, 5) is 0. The van der Waals surface area contributed by atoms with Crippen LogP contribution in [-0.2, 0) is 13.0 Å². The number of alkyl halides is 2. The summed E-state index contributed by atoms with van der Waals surface area (Å²) in [5.41, 5.74) is 1.08. The van der Waals surface area contributed by atoms with Gasteiger partial charge in [0.25, 0.3) is 0 Å². The number of aliphatic hydroxyl groups is 1. The van der Waals surface area contributed by atoms with Crippen LogP contribution in [0.5, 0.6) is 5.75 Å². The molecule has 1 aromatic carbocycles. The van der Waals surface area contributed by atoms with Crippen LogP contribution in [0, 0.1) is 0 Å². The lowest BCUT2D eigenvalue weighted by Gasteiger charge is -2.06. The Kier molecular flexibility index (Phi) is 1.73. The van der Waals surface area contributed by atoms with Gasteiger partial charge in [-0.05, 0) is 17.7 Å². The van der Waals surface area contributed by atoms with E-state index in [1.807, 2.05) is 0 Å². The van der Waals surface area contributed by atoms with Crippen molar-refractivity contribution in [1.29, 1.82) is 0 Å². The monoisotopic (exact) mass is 186 g/mol. The van der Waals surface area contributed by atoms with Crippen LogP contribution in [0.4, 0.5) is 8.78 Å². The SMILES string of the molecule is OCc1ccc2c(c1)CC(F)(F)O2. The summed E-state index contributed by atoms with van der Waals surface area (Å²) in [7, 11) is 0. The second kappa shape index (κ2) is 2.67. The van der Waals surface area contributed by atoms with Gasteiger partial charge in [-0.15, -0.1) is 0 Å². The molecule has 0 saturated heterocycles. The van der Waals surface area contributed by atoms with Gasteiger partial charge in [0.15, 0.2) is 0 Å². The maximum Gasteiger partial charge on any atom is 0.402 e. The highest BCUT2D eigenvalue weighted by atomic mass is 19.3. The first-order valence-electron chi connectivity index (χ1n) is 3.90. The highest BCUT2D eigenvalue weighted by molar-refractivity contribution is 5.40. The minimum absolute atomic E-state index is 0.140. The van der Waals surface area contributed by atoms with Crippen molar-refractivity contribution in [2.24, 2.45) is 0 Å². The Hall–Kier alpha value is -1.16. The molecule has 70 valence electrons. The molecule has 0 aliphatic carbocycles. The number of benzene rings is 1. The summed E-state index contributed by atoms with van der Waals surface area (Å²) in [6.07, 6.45) is -3.49. The molecule has 13 heavy (non-hydrogen) atoms. The fourth-order valence-corrected chi connectivity index (χ4v) is 1.39. The Morgan fingerprint density at radius 3 is 2.92 bits per heavy atom. The summed E-state index contributed by atoms with van der Waals surface area (Å²) in [5, 5.41) is 8.77. The number of hydrogen-bond acceptors (Lipinski definition) is 2. The first kappa shape index (κ1) is 8.44. The molecule has 1 heterocycles. The van der Waals surface area contributed by atoms with Gasteiger partial charge in [0, 0.05) is 5.56 Å². The number of fused-ring (bicyclic) bond motifs is 1. The molecule has 0 spiro atoms. The van der Waals surface area contributed by atoms with Crippen LogP contribution in [0.1, 0.15) is 11.1 Å². The molecule has 0 bridgehead atoms. The van der Waals surface area contributed by atoms with E-state index < -0.39 is 12.5 Å². The molecule has 0 atom stereocenters. The number of rotatable bonds is 1. The van der Waals surface area contributed by atoms with Gasteiger partial charge in [-0.3, -0.25) is 0 Å². The van der Waals surface area contributed by atoms with Crippen LogP contribution in [0.2, 0.25) is 0 Å². The maximum atomic E-state index is 12.7. The predicted molar refractivity (Wildman–Crippen MR) is 41.6 cm³/mol. The molecule has 4 heteroatoms. The second-order valence-corrected chi connectivity index (χ2v) is 3.02. The first-order chi connectivity index (χ1) is 6.11. The highest BCUT2D eigenvalue weighted by Crippen LogP contribution is 2.37. The van der Waals surface area contributed by atoms with E-state index in [-0.39, 0.29) is 12.4 Å². The van der Waals surface area contributed by atoms with Crippen LogP contribution >= 0.6 is 0 Å². The molecule has 1 N–H and O–H groups in total. The van der Waals surface area contributed by atoms with Gasteiger partial charge in [0.2, 0.25) is 0 Å². The van der Waals surface area contributed by atoms with Crippen LogP contribution in [0.15, 0.2) is 18.2 Å². The summed E-state index contributed by atoms with van der Waals surface area (Å²) < 4.78 is 29.8. The molecule has 0 unspecified atom stereocenters. The van der Waals surface area contributed by atoms with Crippen LogP contribution in [0.3, 0.4) is 0 Å². The lowest BCUT2D eigenvalue weighted by atomic mass is 10.1.